The fourth-order valence-corrected chi connectivity index (χ4v) is 3.71. The SMILES string of the molecule is N#CCCCn1nc(C(=O)O)c2cc(-c3ccc(NCc4cccc(OC(F)(F)F)c4)nc3)ccc21. The van der Waals surface area contributed by atoms with E-state index in [4.69, 9.17) is 5.26 Å². The van der Waals surface area contributed by atoms with Crippen LogP contribution in [0.25, 0.3) is 22.0 Å². The molecule has 2 aromatic carbocycles. The fourth-order valence-electron chi connectivity index (χ4n) is 3.71. The molecule has 4 rings (SSSR count). The highest BCUT2D eigenvalue weighted by molar-refractivity contribution is 6.02. The molecule has 11 heteroatoms. The molecule has 0 aliphatic rings. The maximum absolute atomic E-state index is 12.4. The van der Waals surface area contributed by atoms with E-state index in [-0.39, 0.29) is 18.0 Å². The summed E-state index contributed by atoms with van der Waals surface area (Å²) in [6, 6.07) is 16.6. The smallest absolute Gasteiger partial charge is 0.476 e. The van der Waals surface area contributed by atoms with Gasteiger partial charge in [0.1, 0.15) is 11.6 Å². The molecule has 0 fully saturated rings. The number of unbranched alkanes of at least 4 members (excludes halogenated alkanes) is 1. The Balaban J connectivity index is 1.49. The summed E-state index contributed by atoms with van der Waals surface area (Å²) in [6.07, 6.45) is -2.23. The first kappa shape index (κ1) is 24.5. The second-order valence-corrected chi connectivity index (χ2v) is 7.85. The number of fused-ring (bicyclic) bond motifs is 1. The molecule has 0 amide bonds. The summed E-state index contributed by atoms with van der Waals surface area (Å²) < 4.78 is 42.8. The topological polar surface area (TPSA) is 113 Å². The number of carboxylic acid groups (broad SMARTS) is 1. The van der Waals surface area contributed by atoms with Gasteiger partial charge >= 0.3 is 12.3 Å². The zero-order valence-corrected chi connectivity index (χ0v) is 18.8. The zero-order chi connectivity index (χ0) is 25.7. The van der Waals surface area contributed by atoms with Crippen LogP contribution in [0.15, 0.2) is 60.8 Å². The van der Waals surface area contributed by atoms with Gasteiger partial charge in [0.2, 0.25) is 0 Å². The number of benzene rings is 2. The number of alkyl halides is 3. The van der Waals surface area contributed by atoms with E-state index in [9.17, 15) is 23.1 Å². The molecular weight excluding hydrogens is 475 g/mol. The number of pyridine rings is 1. The molecule has 0 saturated carbocycles. The van der Waals surface area contributed by atoms with Gasteiger partial charge in [0.15, 0.2) is 5.69 Å². The molecule has 36 heavy (non-hydrogen) atoms. The highest BCUT2D eigenvalue weighted by atomic mass is 19.4. The van der Waals surface area contributed by atoms with Gasteiger partial charge in [0, 0.05) is 36.7 Å². The molecule has 8 nitrogen and oxygen atoms in total. The second kappa shape index (κ2) is 10.4. The van der Waals surface area contributed by atoms with Crippen molar-refractivity contribution in [3.8, 4) is 22.9 Å². The lowest BCUT2D eigenvalue weighted by Crippen LogP contribution is -2.17. The molecule has 184 valence electrons. The Labute approximate surface area is 203 Å². The number of aromatic carboxylic acids is 1. The zero-order valence-electron chi connectivity index (χ0n) is 18.8. The Morgan fingerprint density at radius 3 is 2.64 bits per heavy atom. The number of hydrogen-bond donors (Lipinski definition) is 2. The minimum absolute atomic E-state index is 0.0632. The number of nitrogens with one attached hydrogen (secondary N) is 1. The van der Waals surface area contributed by atoms with E-state index < -0.39 is 12.3 Å². The molecule has 0 radical (unpaired) electrons. The molecule has 0 unspecified atom stereocenters. The number of aryl methyl sites for hydroxylation is 1. The van der Waals surface area contributed by atoms with Crippen LogP contribution in [-0.4, -0.2) is 32.2 Å². The molecule has 4 aromatic rings. The summed E-state index contributed by atoms with van der Waals surface area (Å²) >= 11 is 0. The number of hydrogen-bond acceptors (Lipinski definition) is 6. The lowest BCUT2D eigenvalue weighted by molar-refractivity contribution is -0.274. The first-order chi connectivity index (χ1) is 17.2. The highest BCUT2D eigenvalue weighted by Gasteiger charge is 2.31. The van der Waals surface area contributed by atoms with Crippen molar-refractivity contribution in [2.24, 2.45) is 0 Å². The number of nitrogens with zero attached hydrogens (tertiary/aromatic N) is 4. The molecule has 0 aliphatic carbocycles. The van der Waals surface area contributed by atoms with Crippen LogP contribution in [0, 0.1) is 11.3 Å². The maximum Gasteiger partial charge on any atom is 0.573 e. The van der Waals surface area contributed by atoms with Crippen LogP contribution in [0.4, 0.5) is 19.0 Å². The molecule has 2 heterocycles. The number of carbonyl (C=O) groups is 1. The Hall–Kier alpha value is -4.59. The van der Waals surface area contributed by atoms with Crippen molar-refractivity contribution in [2.75, 3.05) is 5.32 Å². The van der Waals surface area contributed by atoms with E-state index in [1.165, 1.54) is 18.2 Å². The van der Waals surface area contributed by atoms with E-state index in [1.807, 2.05) is 6.07 Å². The van der Waals surface area contributed by atoms with Crippen LogP contribution < -0.4 is 10.1 Å². The molecule has 0 saturated heterocycles. The summed E-state index contributed by atoms with van der Waals surface area (Å²) in [5, 5.41) is 26.1. The van der Waals surface area contributed by atoms with Crippen LogP contribution in [0.3, 0.4) is 0 Å². The van der Waals surface area contributed by atoms with Crippen molar-refractivity contribution in [2.45, 2.75) is 32.3 Å². The second-order valence-electron chi connectivity index (χ2n) is 7.85. The lowest BCUT2D eigenvalue weighted by Gasteiger charge is -2.11. The molecular formula is C25H20F3N5O3. The third-order valence-electron chi connectivity index (χ3n) is 5.31. The predicted octanol–water partition coefficient (Wildman–Crippen LogP) is 5.61. The van der Waals surface area contributed by atoms with Gasteiger partial charge < -0.3 is 15.2 Å². The summed E-state index contributed by atoms with van der Waals surface area (Å²) in [6.45, 7) is 0.671. The minimum Gasteiger partial charge on any atom is -0.476 e. The molecule has 0 bridgehead atoms. The van der Waals surface area contributed by atoms with E-state index in [1.54, 1.807) is 41.2 Å². The molecule has 2 N–H and O–H groups in total. The van der Waals surface area contributed by atoms with Crippen LogP contribution in [0.5, 0.6) is 5.75 Å². The fraction of sp³-hybridized carbons (Fsp3) is 0.200. The van der Waals surface area contributed by atoms with Crippen LogP contribution in [0.1, 0.15) is 28.9 Å². The van der Waals surface area contributed by atoms with Gasteiger partial charge in [0.25, 0.3) is 0 Å². The Kier molecular flexibility index (Phi) is 7.05. The van der Waals surface area contributed by atoms with Crippen LogP contribution in [0.2, 0.25) is 0 Å². The average molecular weight is 495 g/mol. The standard InChI is InChI=1S/C25H20F3N5O3/c26-25(27,28)36-19-5-3-4-16(12-19)14-30-22-9-7-18(15-31-22)17-6-8-21-20(13-17)23(24(34)35)32-33(21)11-2-1-10-29/h3-9,12-13,15H,1-2,11,14H2,(H,30,31)(H,34,35). The maximum atomic E-state index is 12.4. The monoisotopic (exact) mass is 495 g/mol. The van der Waals surface area contributed by atoms with Gasteiger partial charge in [-0.05, 0) is 53.9 Å². The van der Waals surface area contributed by atoms with Gasteiger partial charge in [0.05, 0.1) is 11.6 Å². The van der Waals surface area contributed by atoms with Gasteiger partial charge in [-0.25, -0.2) is 9.78 Å². The molecule has 0 atom stereocenters. The van der Waals surface area contributed by atoms with Gasteiger partial charge in [-0.1, -0.05) is 18.2 Å². The van der Waals surface area contributed by atoms with E-state index in [2.05, 4.69) is 26.2 Å². The molecule has 0 spiro atoms. The van der Waals surface area contributed by atoms with Crippen LogP contribution in [-0.2, 0) is 13.1 Å². The van der Waals surface area contributed by atoms with Gasteiger partial charge in [-0.2, -0.15) is 10.4 Å². The molecule has 2 aromatic heterocycles. The van der Waals surface area contributed by atoms with Crippen molar-refractivity contribution in [1.82, 2.24) is 14.8 Å². The third-order valence-corrected chi connectivity index (χ3v) is 5.31. The van der Waals surface area contributed by atoms with Crippen LogP contribution >= 0.6 is 0 Å². The number of carboxylic acids is 1. The Morgan fingerprint density at radius 1 is 1.14 bits per heavy atom. The lowest BCUT2D eigenvalue weighted by atomic mass is 10.0. The van der Waals surface area contributed by atoms with Gasteiger partial charge in [-0.15, -0.1) is 13.2 Å². The normalized spacial score (nSPS) is 11.3. The van der Waals surface area contributed by atoms with Crippen molar-refractivity contribution in [3.63, 3.8) is 0 Å². The number of aromatic nitrogens is 3. The highest BCUT2D eigenvalue weighted by Crippen LogP contribution is 2.28. The van der Waals surface area contributed by atoms with Crippen molar-refractivity contribution < 1.29 is 27.8 Å². The number of nitriles is 1. The predicted molar refractivity (Wildman–Crippen MR) is 125 cm³/mol. The average Bonchev–Trinajstić information content (AvgIpc) is 3.21. The summed E-state index contributed by atoms with van der Waals surface area (Å²) in [4.78, 5) is 16.1. The number of rotatable bonds is 9. The van der Waals surface area contributed by atoms with Crippen molar-refractivity contribution >= 4 is 22.7 Å². The Bertz CT molecular complexity index is 1430. The van der Waals surface area contributed by atoms with E-state index in [0.717, 1.165) is 11.1 Å². The molecule has 0 aliphatic heterocycles. The number of ether oxygens (including phenoxy) is 1. The van der Waals surface area contributed by atoms with E-state index in [0.29, 0.717) is 41.7 Å². The third kappa shape index (κ3) is 5.90. The van der Waals surface area contributed by atoms with E-state index >= 15 is 0 Å². The number of halogens is 3. The van der Waals surface area contributed by atoms with Crippen molar-refractivity contribution in [3.05, 3.63) is 72.1 Å². The summed E-state index contributed by atoms with van der Waals surface area (Å²) in [5.41, 5.74) is 2.68. The van der Waals surface area contributed by atoms with Crippen molar-refractivity contribution in [1.29, 1.82) is 5.26 Å². The quantitative estimate of drug-likeness (QED) is 0.290. The largest absolute Gasteiger partial charge is 0.573 e. The van der Waals surface area contributed by atoms with Gasteiger partial charge in [-0.3, -0.25) is 4.68 Å². The first-order valence-corrected chi connectivity index (χ1v) is 10.9. The summed E-state index contributed by atoms with van der Waals surface area (Å²) in [5.74, 6) is -0.924. The first-order valence-electron chi connectivity index (χ1n) is 10.9. The Morgan fingerprint density at radius 2 is 1.94 bits per heavy atom. The summed E-state index contributed by atoms with van der Waals surface area (Å²) in [7, 11) is 0. The number of anilines is 1. The minimum atomic E-state index is -4.76.